The van der Waals surface area contributed by atoms with Crippen LogP contribution in [0.4, 0.5) is 16.2 Å². The van der Waals surface area contributed by atoms with E-state index in [4.69, 9.17) is 4.74 Å². The first-order valence-corrected chi connectivity index (χ1v) is 12.9. The number of rotatable bonds is 9. The third-order valence-electron chi connectivity index (χ3n) is 5.46. The molecule has 0 aromatic heterocycles. The number of nitrogens with zero attached hydrogens (tertiary/aromatic N) is 1. The van der Waals surface area contributed by atoms with Crippen molar-refractivity contribution in [2.75, 3.05) is 23.8 Å². The number of carbonyl (C=O) groups excluding carboxylic acids is 2. The Labute approximate surface area is 225 Å². The highest BCUT2D eigenvalue weighted by molar-refractivity contribution is 7.99. The van der Waals surface area contributed by atoms with Crippen molar-refractivity contribution in [1.82, 2.24) is 10.0 Å². The van der Waals surface area contributed by atoms with Gasteiger partial charge in [0.1, 0.15) is 5.75 Å². The summed E-state index contributed by atoms with van der Waals surface area (Å²) in [6.45, 7) is 8.56. The van der Waals surface area contributed by atoms with Crippen molar-refractivity contribution in [3.05, 3.63) is 90.0 Å². The van der Waals surface area contributed by atoms with Crippen LogP contribution in [0.25, 0.3) is 0 Å². The summed E-state index contributed by atoms with van der Waals surface area (Å²) in [4.78, 5) is 23.8. The Kier molecular flexibility index (Phi) is 11.8. The summed E-state index contributed by atoms with van der Waals surface area (Å²) in [5, 5.41) is 2.93. The van der Waals surface area contributed by atoms with Crippen molar-refractivity contribution < 1.29 is 14.3 Å². The molecule has 0 radical (unpaired) electrons. The molecule has 0 aliphatic carbocycles. The van der Waals surface area contributed by atoms with Crippen LogP contribution in [0.15, 0.2) is 78.9 Å². The SMILES string of the molecule is CC(Cc1ccccc1)NC(=O)NSNc1ccc(C(C)(C)C)cc1.COc1ccc(N(C)C=O)cc1. The van der Waals surface area contributed by atoms with Crippen LogP contribution < -0.4 is 24.4 Å². The highest BCUT2D eigenvalue weighted by Crippen LogP contribution is 2.24. The minimum Gasteiger partial charge on any atom is -0.497 e. The predicted molar refractivity (Wildman–Crippen MR) is 155 cm³/mol. The minimum absolute atomic E-state index is 0.0640. The standard InChI is InChI=1S/C20H27N3OS.C9H11NO2/c1-15(14-16-8-6-5-7-9-16)21-19(24)23-25-22-18-12-10-17(11-13-18)20(2,3)4;1-10(7-11)8-3-5-9(12-2)6-4-8/h5-13,15,22H,14H2,1-4H3,(H2,21,23,24);3-7H,1-2H3. The van der Waals surface area contributed by atoms with E-state index in [1.54, 1.807) is 14.2 Å². The molecule has 198 valence electrons. The van der Waals surface area contributed by atoms with Gasteiger partial charge in [0.15, 0.2) is 0 Å². The molecule has 1 atom stereocenters. The van der Waals surface area contributed by atoms with Gasteiger partial charge in [-0.1, -0.05) is 63.2 Å². The fourth-order valence-electron chi connectivity index (χ4n) is 3.32. The van der Waals surface area contributed by atoms with Crippen LogP contribution in [0.2, 0.25) is 0 Å². The van der Waals surface area contributed by atoms with Gasteiger partial charge in [0.2, 0.25) is 6.41 Å². The molecule has 3 aromatic carbocycles. The molecule has 0 saturated heterocycles. The second-order valence-electron chi connectivity index (χ2n) is 9.61. The zero-order valence-electron chi connectivity index (χ0n) is 22.4. The van der Waals surface area contributed by atoms with Crippen molar-refractivity contribution in [2.45, 2.75) is 45.6 Å². The molecular formula is C29H38N4O3S. The predicted octanol–water partition coefficient (Wildman–Crippen LogP) is 6.18. The Hall–Kier alpha value is -3.65. The number of ether oxygens (including phenoxy) is 1. The summed E-state index contributed by atoms with van der Waals surface area (Å²) in [6.07, 6.45) is 1.57. The first-order chi connectivity index (χ1) is 17.6. The second kappa shape index (κ2) is 14.8. The van der Waals surface area contributed by atoms with Crippen LogP contribution in [-0.2, 0) is 16.6 Å². The fourth-order valence-corrected chi connectivity index (χ4v) is 3.78. The lowest BCUT2D eigenvalue weighted by Crippen LogP contribution is -2.39. The second-order valence-corrected chi connectivity index (χ2v) is 10.2. The molecule has 3 rings (SSSR count). The van der Waals surface area contributed by atoms with Gasteiger partial charge in [-0.25, -0.2) is 4.79 Å². The summed E-state index contributed by atoms with van der Waals surface area (Å²) in [5.74, 6) is 0.790. The van der Waals surface area contributed by atoms with E-state index in [1.165, 1.54) is 16.0 Å². The van der Waals surface area contributed by atoms with Gasteiger partial charge in [0, 0.05) is 24.5 Å². The maximum atomic E-state index is 11.9. The molecule has 3 N–H and O–H groups in total. The van der Waals surface area contributed by atoms with E-state index in [-0.39, 0.29) is 17.5 Å². The Bertz CT molecular complexity index is 1080. The zero-order chi connectivity index (χ0) is 27.3. The number of hydrogen-bond donors (Lipinski definition) is 3. The fraction of sp³-hybridized carbons (Fsp3) is 0.310. The normalized spacial score (nSPS) is 11.3. The molecule has 0 aliphatic rings. The molecule has 0 fully saturated rings. The molecule has 1 unspecified atom stereocenters. The lowest BCUT2D eigenvalue weighted by Gasteiger charge is -2.19. The monoisotopic (exact) mass is 522 g/mol. The summed E-state index contributed by atoms with van der Waals surface area (Å²) < 4.78 is 10.8. The van der Waals surface area contributed by atoms with Crippen molar-refractivity contribution >= 4 is 35.9 Å². The Balaban J connectivity index is 0.000000335. The number of anilines is 2. The summed E-state index contributed by atoms with van der Waals surface area (Å²) in [5.41, 5.74) is 4.43. The van der Waals surface area contributed by atoms with E-state index in [1.807, 2.05) is 61.5 Å². The molecule has 0 aliphatic heterocycles. The molecule has 0 bridgehead atoms. The average Bonchev–Trinajstić information content (AvgIpc) is 2.89. The largest absolute Gasteiger partial charge is 0.497 e. The highest BCUT2D eigenvalue weighted by Gasteiger charge is 2.13. The van der Waals surface area contributed by atoms with Crippen LogP contribution >= 0.6 is 12.1 Å². The molecule has 0 spiro atoms. The van der Waals surface area contributed by atoms with E-state index in [0.717, 1.165) is 42.1 Å². The first kappa shape index (κ1) is 29.6. The molecule has 8 heteroatoms. The van der Waals surface area contributed by atoms with Crippen molar-refractivity contribution in [2.24, 2.45) is 0 Å². The van der Waals surface area contributed by atoms with Crippen molar-refractivity contribution in [3.8, 4) is 5.75 Å². The number of benzene rings is 3. The van der Waals surface area contributed by atoms with E-state index < -0.39 is 0 Å². The quantitative estimate of drug-likeness (QED) is 0.231. The van der Waals surface area contributed by atoms with Crippen LogP contribution in [0.5, 0.6) is 5.75 Å². The summed E-state index contributed by atoms with van der Waals surface area (Å²) >= 11 is 1.16. The van der Waals surface area contributed by atoms with Crippen molar-refractivity contribution in [1.29, 1.82) is 0 Å². The summed E-state index contributed by atoms with van der Waals surface area (Å²) in [6, 6.07) is 25.5. The first-order valence-electron chi connectivity index (χ1n) is 12.1. The Morgan fingerprint density at radius 1 is 1.00 bits per heavy atom. The van der Waals surface area contributed by atoms with Gasteiger partial charge < -0.3 is 19.7 Å². The number of carbonyl (C=O) groups is 2. The average molecular weight is 523 g/mol. The molecule has 0 saturated carbocycles. The van der Waals surface area contributed by atoms with E-state index in [9.17, 15) is 9.59 Å². The van der Waals surface area contributed by atoms with Gasteiger partial charge in [0.25, 0.3) is 0 Å². The number of nitrogens with one attached hydrogen (secondary N) is 3. The van der Waals surface area contributed by atoms with Gasteiger partial charge in [-0.2, -0.15) is 0 Å². The maximum Gasteiger partial charge on any atom is 0.326 e. The van der Waals surface area contributed by atoms with E-state index in [2.05, 4.69) is 59.8 Å². The Morgan fingerprint density at radius 2 is 1.62 bits per heavy atom. The summed E-state index contributed by atoms with van der Waals surface area (Å²) in [7, 11) is 3.31. The van der Waals surface area contributed by atoms with Gasteiger partial charge in [-0.15, -0.1) is 0 Å². The molecule has 3 aromatic rings. The Morgan fingerprint density at radius 3 is 2.16 bits per heavy atom. The third kappa shape index (κ3) is 10.9. The van der Waals surface area contributed by atoms with Crippen LogP contribution in [-0.4, -0.2) is 32.6 Å². The third-order valence-corrected chi connectivity index (χ3v) is 6.09. The lowest BCUT2D eigenvalue weighted by atomic mass is 9.87. The minimum atomic E-state index is -0.202. The number of hydrogen-bond acceptors (Lipinski definition) is 5. The highest BCUT2D eigenvalue weighted by atomic mass is 32.2. The molecule has 37 heavy (non-hydrogen) atoms. The van der Waals surface area contributed by atoms with Crippen LogP contribution in [0, 0.1) is 0 Å². The van der Waals surface area contributed by atoms with Gasteiger partial charge in [-0.3, -0.25) is 9.52 Å². The van der Waals surface area contributed by atoms with Gasteiger partial charge in [0.05, 0.1) is 19.2 Å². The van der Waals surface area contributed by atoms with E-state index in [0.29, 0.717) is 0 Å². The molecule has 0 heterocycles. The van der Waals surface area contributed by atoms with Gasteiger partial charge in [-0.05, 0) is 66.3 Å². The molecule has 7 nitrogen and oxygen atoms in total. The molecular weight excluding hydrogens is 484 g/mol. The van der Waals surface area contributed by atoms with Crippen molar-refractivity contribution in [3.63, 3.8) is 0 Å². The number of amides is 3. The van der Waals surface area contributed by atoms with E-state index >= 15 is 0 Å². The number of methoxy groups -OCH3 is 1. The lowest BCUT2D eigenvalue weighted by molar-refractivity contribution is -0.107. The van der Waals surface area contributed by atoms with Crippen LogP contribution in [0.1, 0.15) is 38.8 Å². The topological polar surface area (TPSA) is 82.7 Å². The molecule has 3 amide bonds. The number of urea groups is 1. The zero-order valence-corrected chi connectivity index (χ0v) is 23.3. The maximum absolute atomic E-state index is 11.9. The van der Waals surface area contributed by atoms with Crippen LogP contribution in [0.3, 0.4) is 0 Å². The van der Waals surface area contributed by atoms with Gasteiger partial charge >= 0.3 is 6.03 Å². The smallest absolute Gasteiger partial charge is 0.326 e.